The van der Waals surface area contributed by atoms with Crippen molar-refractivity contribution in [2.45, 2.75) is 24.4 Å². The SMILES string of the molecule is COC(=O)c1ccc(CN2CCCC2=O)c(Oc2ccc(S(C)(=O)=O)nc2)c1. The summed E-state index contributed by atoms with van der Waals surface area (Å²) in [6.07, 6.45) is 3.70. The molecule has 0 N–H and O–H groups in total. The number of hydrogen-bond acceptors (Lipinski definition) is 7. The molecule has 1 aliphatic rings. The lowest BCUT2D eigenvalue weighted by molar-refractivity contribution is -0.128. The van der Waals surface area contributed by atoms with Gasteiger partial charge in [0.15, 0.2) is 14.9 Å². The summed E-state index contributed by atoms with van der Waals surface area (Å²) in [4.78, 5) is 29.4. The number of likely N-dealkylation sites (tertiary alicyclic amines) is 1. The normalized spacial score (nSPS) is 14.2. The molecule has 1 saturated heterocycles. The van der Waals surface area contributed by atoms with Gasteiger partial charge in [0.05, 0.1) is 18.9 Å². The quantitative estimate of drug-likeness (QED) is 0.680. The van der Waals surface area contributed by atoms with E-state index in [2.05, 4.69) is 4.98 Å². The van der Waals surface area contributed by atoms with E-state index in [9.17, 15) is 18.0 Å². The molecule has 28 heavy (non-hydrogen) atoms. The minimum absolute atomic E-state index is 0.0638. The molecule has 148 valence electrons. The van der Waals surface area contributed by atoms with Crippen LogP contribution in [0.15, 0.2) is 41.6 Å². The Bertz CT molecular complexity index is 1000. The van der Waals surface area contributed by atoms with Crippen molar-refractivity contribution in [3.63, 3.8) is 0 Å². The number of nitrogens with zero attached hydrogens (tertiary/aromatic N) is 2. The molecule has 0 spiro atoms. The molecule has 1 amide bonds. The Morgan fingerprint density at radius 2 is 2.04 bits per heavy atom. The molecule has 1 aromatic carbocycles. The molecule has 2 aromatic rings. The molecule has 1 aliphatic heterocycles. The second-order valence-electron chi connectivity index (χ2n) is 6.44. The maximum Gasteiger partial charge on any atom is 0.337 e. The van der Waals surface area contributed by atoms with Crippen molar-refractivity contribution in [3.8, 4) is 11.5 Å². The molecule has 0 radical (unpaired) electrons. The summed E-state index contributed by atoms with van der Waals surface area (Å²) < 4.78 is 33.7. The Morgan fingerprint density at radius 1 is 1.25 bits per heavy atom. The molecule has 1 fully saturated rings. The standard InChI is InChI=1S/C19H20N2O6S/c1-26-19(23)13-5-6-14(12-21-9-3-4-18(21)22)16(10-13)27-15-7-8-17(20-11-15)28(2,24)25/h5-8,10-11H,3-4,9,12H2,1-2H3. The van der Waals surface area contributed by atoms with Crippen molar-refractivity contribution < 1.29 is 27.5 Å². The molecule has 2 heterocycles. The second-order valence-corrected chi connectivity index (χ2v) is 8.40. The maximum atomic E-state index is 11.9. The zero-order valence-electron chi connectivity index (χ0n) is 15.5. The molecule has 9 heteroatoms. The number of aromatic nitrogens is 1. The van der Waals surface area contributed by atoms with Crippen molar-refractivity contribution >= 4 is 21.7 Å². The van der Waals surface area contributed by atoms with E-state index >= 15 is 0 Å². The van der Waals surface area contributed by atoms with Gasteiger partial charge in [0, 0.05) is 31.3 Å². The topological polar surface area (TPSA) is 103 Å². The number of sulfone groups is 1. The van der Waals surface area contributed by atoms with E-state index in [1.807, 2.05) is 0 Å². The van der Waals surface area contributed by atoms with Gasteiger partial charge in [-0.25, -0.2) is 18.2 Å². The van der Waals surface area contributed by atoms with Gasteiger partial charge in [-0.05, 0) is 30.7 Å². The first kappa shape index (κ1) is 19.8. The first-order chi connectivity index (χ1) is 13.3. The van der Waals surface area contributed by atoms with Gasteiger partial charge in [0.2, 0.25) is 5.91 Å². The third kappa shape index (κ3) is 4.48. The van der Waals surface area contributed by atoms with E-state index in [0.29, 0.717) is 36.6 Å². The van der Waals surface area contributed by atoms with E-state index in [-0.39, 0.29) is 10.9 Å². The Kier molecular flexibility index (Phi) is 5.64. The highest BCUT2D eigenvalue weighted by Gasteiger charge is 2.22. The average Bonchev–Trinajstić information content (AvgIpc) is 3.07. The van der Waals surface area contributed by atoms with Crippen LogP contribution < -0.4 is 4.74 Å². The van der Waals surface area contributed by atoms with Gasteiger partial charge in [-0.1, -0.05) is 6.07 Å². The molecule has 3 rings (SSSR count). The number of hydrogen-bond donors (Lipinski definition) is 0. The van der Waals surface area contributed by atoms with E-state index in [1.54, 1.807) is 17.0 Å². The van der Waals surface area contributed by atoms with Crippen LogP contribution in [0.5, 0.6) is 11.5 Å². The summed E-state index contributed by atoms with van der Waals surface area (Å²) in [6, 6.07) is 7.69. The van der Waals surface area contributed by atoms with Crippen molar-refractivity contribution in [2.75, 3.05) is 19.9 Å². The molecule has 0 unspecified atom stereocenters. The predicted octanol–water partition coefficient (Wildman–Crippen LogP) is 2.19. The molecule has 1 aromatic heterocycles. The molecule has 0 aliphatic carbocycles. The summed E-state index contributed by atoms with van der Waals surface area (Å²) in [5, 5.41) is -0.0638. The minimum Gasteiger partial charge on any atom is -0.465 e. The van der Waals surface area contributed by atoms with Crippen LogP contribution in [0.1, 0.15) is 28.8 Å². The molecular weight excluding hydrogens is 384 g/mol. The van der Waals surface area contributed by atoms with Crippen LogP contribution in [-0.2, 0) is 25.9 Å². The fourth-order valence-corrected chi connectivity index (χ4v) is 3.43. The van der Waals surface area contributed by atoms with Gasteiger partial charge in [-0.15, -0.1) is 0 Å². The Morgan fingerprint density at radius 3 is 2.61 bits per heavy atom. The highest BCUT2D eigenvalue weighted by atomic mass is 32.2. The van der Waals surface area contributed by atoms with Gasteiger partial charge >= 0.3 is 5.97 Å². The van der Waals surface area contributed by atoms with Crippen molar-refractivity contribution in [2.24, 2.45) is 0 Å². The summed E-state index contributed by atoms with van der Waals surface area (Å²) in [5.74, 6) is 0.237. The smallest absolute Gasteiger partial charge is 0.337 e. The van der Waals surface area contributed by atoms with Crippen LogP contribution >= 0.6 is 0 Å². The molecule has 0 atom stereocenters. The first-order valence-electron chi connectivity index (χ1n) is 8.61. The summed E-state index contributed by atoms with van der Waals surface area (Å²) >= 11 is 0. The lowest BCUT2D eigenvalue weighted by Gasteiger charge is -2.19. The monoisotopic (exact) mass is 404 g/mol. The number of amides is 1. The van der Waals surface area contributed by atoms with Gasteiger partial charge in [0.1, 0.15) is 11.5 Å². The number of esters is 1. The number of carbonyl (C=O) groups excluding carboxylic acids is 2. The van der Waals surface area contributed by atoms with Crippen LogP contribution in [0, 0.1) is 0 Å². The maximum absolute atomic E-state index is 11.9. The van der Waals surface area contributed by atoms with Gasteiger partial charge in [-0.3, -0.25) is 4.79 Å². The first-order valence-corrected chi connectivity index (χ1v) is 10.5. The number of ether oxygens (including phenoxy) is 2. The highest BCUT2D eigenvalue weighted by molar-refractivity contribution is 7.90. The lowest BCUT2D eigenvalue weighted by atomic mass is 10.1. The third-order valence-electron chi connectivity index (χ3n) is 4.34. The molecule has 0 bridgehead atoms. The van der Waals surface area contributed by atoms with E-state index < -0.39 is 15.8 Å². The summed E-state index contributed by atoms with van der Waals surface area (Å²) in [7, 11) is -2.13. The number of pyridine rings is 1. The van der Waals surface area contributed by atoms with Crippen LogP contribution in [0.2, 0.25) is 0 Å². The Hall–Kier alpha value is -2.94. The Balaban J connectivity index is 1.91. The molecule has 0 saturated carbocycles. The van der Waals surface area contributed by atoms with E-state index in [0.717, 1.165) is 18.2 Å². The van der Waals surface area contributed by atoms with Gasteiger partial charge in [-0.2, -0.15) is 0 Å². The predicted molar refractivity (Wildman–Crippen MR) is 99.9 cm³/mol. The van der Waals surface area contributed by atoms with Crippen molar-refractivity contribution in [1.29, 1.82) is 0 Å². The average molecular weight is 404 g/mol. The van der Waals surface area contributed by atoms with Gasteiger partial charge in [0.25, 0.3) is 0 Å². The van der Waals surface area contributed by atoms with Crippen molar-refractivity contribution in [3.05, 3.63) is 47.7 Å². The fourth-order valence-electron chi connectivity index (χ4n) is 2.88. The highest BCUT2D eigenvalue weighted by Crippen LogP contribution is 2.29. The minimum atomic E-state index is -3.42. The second kappa shape index (κ2) is 7.97. The summed E-state index contributed by atoms with van der Waals surface area (Å²) in [5.41, 5.74) is 1.02. The zero-order chi connectivity index (χ0) is 20.3. The van der Waals surface area contributed by atoms with E-state index in [1.165, 1.54) is 31.5 Å². The number of methoxy groups -OCH3 is 1. The van der Waals surface area contributed by atoms with Crippen LogP contribution in [0.25, 0.3) is 0 Å². The lowest BCUT2D eigenvalue weighted by Crippen LogP contribution is -2.24. The fraction of sp³-hybridized carbons (Fsp3) is 0.316. The number of carbonyl (C=O) groups is 2. The van der Waals surface area contributed by atoms with Crippen LogP contribution in [-0.4, -0.2) is 50.1 Å². The van der Waals surface area contributed by atoms with Gasteiger partial charge < -0.3 is 14.4 Å². The van der Waals surface area contributed by atoms with Crippen LogP contribution in [0.4, 0.5) is 0 Å². The summed E-state index contributed by atoms with van der Waals surface area (Å²) in [6.45, 7) is 1.02. The third-order valence-corrected chi connectivity index (χ3v) is 5.34. The van der Waals surface area contributed by atoms with Crippen molar-refractivity contribution in [1.82, 2.24) is 9.88 Å². The van der Waals surface area contributed by atoms with E-state index in [4.69, 9.17) is 9.47 Å². The zero-order valence-corrected chi connectivity index (χ0v) is 16.4. The van der Waals surface area contributed by atoms with Crippen LogP contribution in [0.3, 0.4) is 0 Å². The Labute approximate surface area is 163 Å². The number of rotatable bonds is 6. The molecular formula is C19H20N2O6S. The largest absolute Gasteiger partial charge is 0.465 e. The molecule has 8 nitrogen and oxygen atoms in total. The number of benzene rings is 1.